The van der Waals surface area contributed by atoms with Crippen LogP contribution in [0.15, 0.2) is 0 Å². The van der Waals surface area contributed by atoms with Crippen LogP contribution in [0, 0.1) is 46.3 Å². The first kappa shape index (κ1) is 29.9. The zero-order valence-electron chi connectivity index (χ0n) is 24.8. The van der Waals surface area contributed by atoms with Crippen LogP contribution < -0.4 is 0 Å². The summed E-state index contributed by atoms with van der Waals surface area (Å²) in [5.74, 6) is 0.438. The topological polar surface area (TPSA) is 105 Å². The second kappa shape index (κ2) is 11.4. The molecular weight excluding hydrogens is 500 g/mol. The van der Waals surface area contributed by atoms with Gasteiger partial charge in [-0.1, -0.05) is 20.8 Å². The Kier molecular flexibility index (Phi) is 8.73. The summed E-state index contributed by atoms with van der Waals surface area (Å²) in [6, 6.07) is 0. The molecule has 4 fully saturated rings. The molecular formula is C31H48O8. The minimum atomic E-state index is -0.279. The van der Waals surface area contributed by atoms with Gasteiger partial charge in [-0.3, -0.25) is 19.2 Å². The maximum Gasteiger partial charge on any atom is 0.305 e. The van der Waals surface area contributed by atoms with Gasteiger partial charge in [0.25, 0.3) is 0 Å². The molecule has 0 aromatic carbocycles. The number of ether oxygens (including phenoxy) is 4. The van der Waals surface area contributed by atoms with Gasteiger partial charge >= 0.3 is 23.9 Å². The molecule has 11 atom stereocenters. The summed E-state index contributed by atoms with van der Waals surface area (Å²) in [6.07, 6.45) is 6.53. The summed E-state index contributed by atoms with van der Waals surface area (Å²) in [6.45, 7) is 11.3. The number of hydrogen-bond acceptors (Lipinski definition) is 8. The zero-order chi connectivity index (χ0) is 28.7. The third-order valence-corrected chi connectivity index (χ3v) is 11.4. The van der Waals surface area contributed by atoms with Crippen LogP contribution >= 0.6 is 0 Å². The van der Waals surface area contributed by atoms with E-state index >= 15 is 0 Å². The van der Waals surface area contributed by atoms with Gasteiger partial charge in [0.15, 0.2) is 0 Å². The maximum absolute atomic E-state index is 12.5. The smallest absolute Gasteiger partial charge is 0.305 e. The summed E-state index contributed by atoms with van der Waals surface area (Å²) in [4.78, 5) is 48.5. The van der Waals surface area contributed by atoms with Crippen LogP contribution in [0.1, 0.15) is 99.3 Å². The highest BCUT2D eigenvalue weighted by Crippen LogP contribution is 2.69. The molecule has 8 heteroatoms. The summed E-state index contributed by atoms with van der Waals surface area (Å²) in [7, 11) is 1.42. The molecule has 0 saturated heterocycles. The molecule has 0 unspecified atom stereocenters. The van der Waals surface area contributed by atoms with Crippen LogP contribution in [0.5, 0.6) is 0 Å². The average molecular weight is 549 g/mol. The molecule has 220 valence electrons. The summed E-state index contributed by atoms with van der Waals surface area (Å²) in [5.41, 5.74) is -0.300. The Morgan fingerprint density at radius 1 is 0.846 bits per heavy atom. The van der Waals surface area contributed by atoms with Gasteiger partial charge in [0.1, 0.15) is 18.3 Å². The lowest BCUT2D eigenvalue weighted by Gasteiger charge is -2.64. The van der Waals surface area contributed by atoms with E-state index in [1.165, 1.54) is 27.9 Å². The predicted molar refractivity (Wildman–Crippen MR) is 143 cm³/mol. The lowest BCUT2D eigenvalue weighted by molar-refractivity contribution is -0.224. The number of hydrogen-bond donors (Lipinski definition) is 0. The van der Waals surface area contributed by atoms with Crippen LogP contribution in [0.4, 0.5) is 0 Å². The molecule has 4 aliphatic rings. The van der Waals surface area contributed by atoms with Gasteiger partial charge in [-0.05, 0) is 86.4 Å². The SMILES string of the molecule is COC(=O)CC[C@@H](C)[C@H]1CC[C@@H]2[C@H]3[C@@H](C[C@H](OC(C)=O)[C@@]21C)[C@@]1(C)CC[C@@H](OC(C)=O)C[C@H]1C[C@H]3OC(C)=O. The fraction of sp³-hybridized carbons (Fsp3) is 0.871. The Hall–Kier alpha value is -2.12. The molecule has 0 aromatic rings. The molecule has 0 radical (unpaired) electrons. The lowest BCUT2D eigenvalue weighted by Crippen LogP contribution is -2.63. The molecule has 39 heavy (non-hydrogen) atoms. The van der Waals surface area contributed by atoms with Gasteiger partial charge in [-0.25, -0.2) is 0 Å². The Balaban J connectivity index is 1.70. The Morgan fingerprint density at radius 3 is 2.13 bits per heavy atom. The lowest BCUT2D eigenvalue weighted by atomic mass is 9.43. The van der Waals surface area contributed by atoms with Gasteiger partial charge in [0, 0.05) is 38.5 Å². The fourth-order valence-corrected chi connectivity index (χ4v) is 9.77. The van der Waals surface area contributed by atoms with Crippen molar-refractivity contribution in [2.24, 2.45) is 46.3 Å². The van der Waals surface area contributed by atoms with Crippen molar-refractivity contribution in [3.8, 4) is 0 Å². The van der Waals surface area contributed by atoms with Crippen molar-refractivity contribution >= 4 is 23.9 Å². The van der Waals surface area contributed by atoms with E-state index in [4.69, 9.17) is 18.9 Å². The second-order valence-corrected chi connectivity index (χ2v) is 13.4. The molecule has 0 bridgehead atoms. The minimum Gasteiger partial charge on any atom is -0.469 e. The first-order valence-corrected chi connectivity index (χ1v) is 14.9. The van der Waals surface area contributed by atoms with E-state index in [1.54, 1.807) is 0 Å². The van der Waals surface area contributed by atoms with Gasteiger partial charge in [-0.15, -0.1) is 0 Å². The Bertz CT molecular complexity index is 962. The van der Waals surface area contributed by atoms with Crippen molar-refractivity contribution in [2.45, 2.75) is 118 Å². The normalized spacial score (nSPS) is 41.7. The Labute approximate surface area is 233 Å². The van der Waals surface area contributed by atoms with E-state index in [-0.39, 0.29) is 88.5 Å². The number of rotatable bonds is 7. The largest absolute Gasteiger partial charge is 0.469 e. The molecule has 8 nitrogen and oxygen atoms in total. The van der Waals surface area contributed by atoms with Crippen molar-refractivity contribution in [3.63, 3.8) is 0 Å². The third kappa shape index (κ3) is 5.58. The number of esters is 4. The van der Waals surface area contributed by atoms with Crippen LogP contribution in [0.2, 0.25) is 0 Å². The number of carbonyl (C=O) groups is 4. The van der Waals surface area contributed by atoms with E-state index in [1.807, 2.05) is 0 Å². The zero-order valence-corrected chi connectivity index (χ0v) is 24.8. The Morgan fingerprint density at radius 2 is 1.51 bits per heavy atom. The number of methoxy groups -OCH3 is 1. The van der Waals surface area contributed by atoms with Gasteiger partial charge in [0.2, 0.25) is 0 Å². The minimum absolute atomic E-state index is 0.0215. The van der Waals surface area contributed by atoms with Crippen molar-refractivity contribution in [1.82, 2.24) is 0 Å². The molecule has 0 aromatic heterocycles. The van der Waals surface area contributed by atoms with Crippen molar-refractivity contribution < 1.29 is 38.1 Å². The predicted octanol–water partition coefficient (Wildman–Crippen LogP) is 5.25. The monoisotopic (exact) mass is 548 g/mol. The van der Waals surface area contributed by atoms with Crippen LogP contribution in [-0.4, -0.2) is 49.3 Å². The van der Waals surface area contributed by atoms with Crippen LogP contribution in [-0.2, 0) is 38.1 Å². The van der Waals surface area contributed by atoms with Crippen molar-refractivity contribution in [1.29, 1.82) is 0 Å². The number of fused-ring (bicyclic) bond motifs is 5. The molecule has 4 rings (SSSR count). The molecule has 0 amide bonds. The molecule has 4 saturated carbocycles. The fourth-order valence-electron chi connectivity index (χ4n) is 9.77. The van der Waals surface area contributed by atoms with Crippen LogP contribution in [0.25, 0.3) is 0 Å². The first-order chi connectivity index (χ1) is 18.3. The molecule has 4 aliphatic carbocycles. The highest BCUT2D eigenvalue weighted by Gasteiger charge is 2.67. The summed E-state index contributed by atoms with van der Waals surface area (Å²) in [5, 5.41) is 0. The summed E-state index contributed by atoms with van der Waals surface area (Å²) >= 11 is 0. The second-order valence-electron chi connectivity index (χ2n) is 13.4. The van der Waals surface area contributed by atoms with Crippen molar-refractivity contribution in [2.75, 3.05) is 7.11 Å². The van der Waals surface area contributed by atoms with Gasteiger partial charge in [-0.2, -0.15) is 0 Å². The standard InChI is InChI=1S/C31H48O8/c1-17(8-11-28(35)36-7)23-9-10-24-29-25(16-27(31(23,24)6)39-20(4)34)30(5)13-12-22(37-18(2)32)14-21(30)15-26(29)38-19(3)33/h17,21-27,29H,8-16H2,1-7H3/t17-,21+,22-,23-,24-,25-,26-,27+,29+,30+,31-/m1/s1. The van der Waals surface area contributed by atoms with E-state index in [0.717, 1.165) is 51.4 Å². The first-order valence-electron chi connectivity index (χ1n) is 14.9. The molecule has 0 spiro atoms. The van der Waals surface area contributed by atoms with E-state index in [0.29, 0.717) is 6.42 Å². The van der Waals surface area contributed by atoms with Gasteiger partial charge in [0.05, 0.1) is 7.11 Å². The molecule has 0 heterocycles. The van der Waals surface area contributed by atoms with Crippen LogP contribution in [0.3, 0.4) is 0 Å². The van der Waals surface area contributed by atoms with E-state index < -0.39 is 0 Å². The third-order valence-electron chi connectivity index (χ3n) is 11.4. The van der Waals surface area contributed by atoms with Gasteiger partial charge < -0.3 is 18.9 Å². The molecule has 0 N–H and O–H groups in total. The maximum atomic E-state index is 12.5. The highest BCUT2D eigenvalue weighted by molar-refractivity contribution is 5.69. The van der Waals surface area contributed by atoms with Crippen molar-refractivity contribution in [3.05, 3.63) is 0 Å². The number of carbonyl (C=O) groups excluding carboxylic acids is 4. The summed E-state index contributed by atoms with van der Waals surface area (Å²) < 4.78 is 22.8. The van der Waals surface area contributed by atoms with E-state index in [9.17, 15) is 19.2 Å². The highest BCUT2D eigenvalue weighted by atomic mass is 16.6. The average Bonchev–Trinajstić information content (AvgIpc) is 3.20. The quantitative estimate of drug-likeness (QED) is 0.314. The van der Waals surface area contributed by atoms with E-state index in [2.05, 4.69) is 20.8 Å². The molecule has 0 aliphatic heterocycles.